The Kier molecular flexibility index (Phi) is 6.36. The van der Waals surface area contributed by atoms with Gasteiger partial charge in [-0.15, -0.1) is 0 Å². The maximum absolute atomic E-state index is 9.86. The number of aryl methyl sites for hydroxylation is 1. The number of anilines is 1. The highest BCUT2D eigenvalue weighted by atomic mass is 32.1. The van der Waals surface area contributed by atoms with Crippen LogP contribution >= 0.6 is 12.6 Å². The Morgan fingerprint density at radius 1 is 1.37 bits per heavy atom. The van der Waals surface area contributed by atoms with Crippen molar-refractivity contribution in [2.24, 2.45) is 0 Å². The fourth-order valence-corrected chi connectivity index (χ4v) is 4.74. The quantitative estimate of drug-likeness (QED) is 0.627. The summed E-state index contributed by atoms with van der Waals surface area (Å²) in [4.78, 5) is 2.41. The van der Waals surface area contributed by atoms with Gasteiger partial charge in [-0.2, -0.15) is 17.9 Å². The molecule has 156 valence electrons. The van der Waals surface area contributed by atoms with Crippen molar-refractivity contribution in [2.45, 2.75) is 51.6 Å². The van der Waals surface area contributed by atoms with Gasteiger partial charge < -0.3 is 15.0 Å². The average molecular weight is 420 g/mol. The van der Waals surface area contributed by atoms with Gasteiger partial charge in [-0.25, -0.2) is 0 Å². The van der Waals surface area contributed by atoms with Crippen molar-refractivity contribution in [1.82, 2.24) is 4.90 Å². The summed E-state index contributed by atoms with van der Waals surface area (Å²) in [6.07, 6.45) is 4.23. The van der Waals surface area contributed by atoms with Crippen LogP contribution in [0.25, 0.3) is 5.70 Å². The summed E-state index contributed by atoms with van der Waals surface area (Å²) < 4.78 is 5.54. The lowest BCUT2D eigenvalue weighted by Crippen LogP contribution is -2.20. The van der Waals surface area contributed by atoms with Crippen LogP contribution in [-0.2, 0) is 23.6 Å². The van der Waals surface area contributed by atoms with Gasteiger partial charge in [0.05, 0.1) is 24.3 Å². The Hall–Kier alpha value is -2.42. The number of benzene rings is 2. The molecular weight excluding hydrogens is 390 g/mol. The van der Waals surface area contributed by atoms with Gasteiger partial charge in [0, 0.05) is 42.4 Å². The lowest BCUT2D eigenvalue weighted by molar-refractivity contribution is 0.195. The van der Waals surface area contributed by atoms with E-state index in [1.807, 2.05) is 6.07 Å². The number of nitriles is 1. The van der Waals surface area contributed by atoms with Gasteiger partial charge in [-0.1, -0.05) is 31.2 Å². The topological polar surface area (TPSA) is 48.3 Å². The van der Waals surface area contributed by atoms with E-state index < -0.39 is 0 Å². The van der Waals surface area contributed by atoms with E-state index >= 15 is 0 Å². The zero-order valence-corrected chi connectivity index (χ0v) is 18.6. The minimum Gasteiger partial charge on any atom is -0.380 e. The first-order chi connectivity index (χ1) is 14.6. The minimum atomic E-state index is 0.386. The summed E-state index contributed by atoms with van der Waals surface area (Å²) in [5, 5.41) is 13.5. The van der Waals surface area contributed by atoms with E-state index in [1.54, 1.807) is 0 Å². The molecule has 5 heteroatoms. The molecule has 0 radical (unpaired) electrons. The molecule has 1 atom stereocenters. The molecule has 0 aliphatic carbocycles. The van der Waals surface area contributed by atoms with Crippen LogP contribution in [0, 0.1) is 18.3 Å². The molecule has 2 aromatic carbocycles. The molecule has 1 N–H and O–H groups in total. The van der Waals surface area contributed by atoms with Gasteiger partial charge >= 0.3 is 0 Å². The Labute approximate surface area is 185 Å². The molecule has 1 saturated heterocycles. The zero-order valence-electron chi connectivity index (χ0n) is 17.7. The van der Waals surface area contributed by atoms with Crippen LogP contribution in [0.2, 0.25) is 0 Å². The number of thiol groups is 1. The number of rotatable bonds is 6. The number of nitrogens with zero attached hydrogens (tertiary/aromatic N) is 2. The van der Waals surface area contributed by atoms with E-state index in [0.29, 0.717) is 11.8 Å². The number of hydrogen-bond donors (Lipinski definition) is 2. The molecule has 2 heterocycles. The normalized spacial score (nSPS) is 18.4. The molecular formula is C25H29N3OS. The summed E-state index contributed by atoms with van der Waals surface area (Å²) in [5.41, 5.74) is 9.08. The second-order valence-electron chi connectivity index (χ2n) is 8.11. The van der Waals surface area contributed by atoms with Gasteiger partial charge in [0.2, 0.25) is 0 Å². The maximum atomic E-state index is 9.86. The molecule has 0 spiro atoms. The standard InChI is InChI=1S/C25H29N3OS/c1-3-5-24(25-17(2)10-18(16-30)11-20(25)12-26)28-13-19-6-4-7-23(22(19)14-28)27-21-8-9-29-15-21/h4-7,10-11,21,27,30H,3,8-9,13-16H2,1-2H3/b24-5+. The lowest BCUT2D eigenvalue weighted by atomic mass is 9.95. The van der Waals surface area contributed by atoms with Crippen molar-refractivity contribution >= 4 is 24.0 Å². The largest absolute Gasteiger partial charge is 0.380 e. The molecule has 2 aliphatic rings. The van der Waals surface area contributed by atoms with Crippen LogP contribution in [0.15, 0.2) is 36.4 Å². The van der Waals surface area contributed by atoms with Crippen LogP contribution in [0.5, 0.6) is 0 Å². The predicted octanol–water partition coefficient (Wildman–Crippen LogP) is 5.26. The molecule has 2 aromatic rings. The van der Waals surface area contributed by atoms with Crippen molar-refractivity contribution in [2.75, 3.05) is 18.5 Å². The van der Waals surface area contributed by atoms with Gasteiger partial charge in [0.1, 0.15) is 0 Å². The fourth-order valence-electron chi connectivity index (χ4n) is 4.56. The SMILES string of the molecule is CC/C=C(\c1c(C)cc(CS)cc1C#N)N1Cc2cccc(NC3CCOC3)c2C1. The third-order valence-electron chi connectivity index (χ3n) is 5.97. The van der Waals surface area contributed by atoms with Gasteiger partial charge in [0.15, 0.2) is 0 Å². The predicted molar refractivity (Wildman–Crippen MR) is 125 cm³/mol. The van der Waals surface area contributed by atoms with E-state index in [9.17, 15) is 5.26 Å². The highest BCUT2D eigenvalue weighted by Gasteiger charge is 2.27. The minimum absolute atomic E-state index is 0.386. The first-order valence-electron chi connectivity index (χ1n) is 10.7. The van der Waals surface area contributed by atoms with Crippen molar-refractivity contribution in [3.63, 3.8) is 0 Å². The average Bonchev–Trinajstić information content (AvgIpc) is 3.42. The molecule has 1 unspecified atom stereocenters. The molecule has 4 rings (SSSR count). The summed E-state index contributed by atoms with van der Waals surface area (Å²) in [6, 6.07) is 13.5. The highest BCUT2D eigenvalue weighted by Crippen LogP contribution is 2.37. The van der Waals surface area contributed by atoms with Crippen LogP contribution in [-0.4, -0.2) is 24.2 Å². The van der Waals surface area contributed by atoms with Gasteiger partial charge in [-0.3, -0.25) is 0 Å². The summed E-state index contributed by atoms with van der Waals surface area (Å²) in [6.45, 7) is 7.56. The monoisotopic (exact) mass is 419 g/mol. The highest BCUT2D eigenvalue weighted by molar-refractivity contribution is 7.79. The molecule has 0 amide bonds. The third-order valence-corrected chi connectivity index (χ3v) is 6.33. The Bertz CT molecular complexity index is 1000. The van der Waals surface area contributed by atoms with E-state index in [2.05, 4.69) is 73.1 Å². The lowest BCUT2D eigenvalue weighted by Gasteiger charge is -2.25. The molecule has 30 heavy (non-hydrogen) atoms. The zero-order chi connectivity index (χ0) is 21.1. The van der Waals surface area contributed by atoms with Crippen LogP contribution in [0.3, 0.4) is 0 Å². The van der Waals surface area contributed by atoms with Crippen molar-refractivity contribution in [3.8, 4) is 6.07 Å². The van der Waals surface area contributed by atoms with E-state index in [1.165, 1.54) is 16.8 Å². The molecule has 1 fully saturated rings. The van der Waals surface area contributed by atoms with Crippen molar-refractivity contribution in [3.05, 3.63) is 69.8 Å². The number of ether oxygens (including phenoxy) is 1. The molecule has 2 aliphatic heterocycles. The van der Waals surface area contributed by atoms with E-state index in [-0.39, 0.29) is 0 Å². The number of fused-ring (bicyclic) bond motifs is 1. The second-order valence-corrected chi connectivity index (χ2v) is 8.42. The number of nitrogens with one attached hydrogen (secondary N) is 1. The summed E-state index contributed by atoms with van der Waals surface area (Å²) in [5.74, 6) is 0.637. The third kappa shape index (κ3) is 4.08. The maximum Gasteiger partial charge on any atom is 0.0998 e. The van der Waals surface area contributed by atoms with Crippen LogP contribution < -0.4 is 5.32 Å². The Balaban J connectivity index is 1.67. The first-order valence-corrected chi connectivity index (χ1v) is 11.3. The van der Waals surface area contributed by atoms with E-state index in [0.717, 1.165) is 67.1 Å². The van der Waals surface area contributed by atoms with E-state index in [4.69, 9.17) is 4.74 Å². The Morgan fingerprint density at radius 3 is 2.93 bits per heavy atom. The summed E-state index contributed by atoms with van der Waals surface area (Å²) in [7, 11) is 0. The summed E-state index contributed by atoms with van der Waals surface area (Å²) >= 11 is 4.40. The number of allylic oxidation sites excluding steroid dienone is 1. The Morgan fingerprint density at radius 2 is 2.23 bits per heavy atom. The smallest absolute Gasteiger partial charge is 0.0998 e. The van der Waals surface area contributed by atoms with Crippen molar-refractivity contribution in [1.29, 1.82) is 5.26 Å². The number of hydrogen-bond acceptors (Lipinski definition) is 5. The van der Waals surface area contributed by atoms with Crippen molar-refractivity contribution < 1.29 is 4.74 Å². The second kappa shape index (κ2) is 9.16. The molecule has 0 aromatic heterocycles. The first kappa shape index (κ1) is 20.8. The fraction of sp³-hybridized carbons (Fsp3) is 0.400. The molecule has 0 saturated carbocycles. The van der Waals surface area contributed by atoms with Gasteiger partial charge in [-0.05, 0) is 54.2 Å². The molecule has 0 bridgehead atoms. The van der Waals surface area contributed by atoms with Crippen LogP contribution in [0.1, 0.15) is 53.1 Å². The molecule has 4 nitrogen and oxygen atoms in total. The van der Waals surface area contributed by atoms with Crippen LogP contribution in [0.4, 0.5) is 5.69 Å². The van der Waals surface area contributed by atoms with Gasteiger partial charge in [0.25, 0.3) is 0 Å².